The standard InChI is InChI=1S/C25H30N4O3S/c1-14-8-17(11-18(9-14)29-23-27-15(2)10-16(3)28-23)20-12-26-22(33-20)25(32)7-6-19(21(30)31)24(4,5)13-25/h8-12,19,32H,6-7,13H2,1-5H3,(H,30,31)(H,27,28,29)/t19-,25-/m1/s1. The lowest BCUT2D eigenvalue weighted by Crippen LogP contribution is -2.44. The maximum atomic E-state index is 11.6. The van der Waals surface area contributed by atoms with Crippen LogP contribution in [0.3, 0.4) is 0 Å². The Morgan fingerprint density at radius 3 is 2.45 bits per heavy atom. The van der Waals surface area contributed by atoms with E-state index in [2.05, 4.69) is 26.3 Å². The summed E-state index contributed by atoms with van der Waals surface area (Å²) in [6.45, 7) is 9.74. The highest BCUT2D eigenvalue weighted by molar-refractivity contribution is 7.15. The molecule has 0 spiro atoms. The molecule has 0 radical (unpaired) electrons. The van der Waals surface area contributed by atoms with Crippen molar-refractivity contribution in [1.82, 2.24) is 15.0 Å². The molecule has 1 saturated carbocycles. The normalized spacial score (nSPS) is 22.2. The molecule has 174 valence electrons. The Kier molecular flexibility index (Phi) is 6.01. The van der Waals surface area contributed by atoms with Crippen molar-refractivity contribution in [3.63, 3.8) is 0 Å². The summed E-state index contributed by atoms with van der Waals surface area (Å²) in [7, 11) is 0. The molecular formula is C25H30N4O3S. The average molecular weight is 467 g/mol. The number of hydrogen-bond acceptors (Lipinski definition) is 7. The largest absolute Gasteiger partial charge is 0.481 e. The number of rotatable bonds is 5. The van der Waals surface area contributed by atoms with Crippen molar-refractivity contribution in [3.05, 3.63) is 52.4 Å². The van der Waals surface area contributed by atoms with Gasteiger partial charge in [0.1, 0.15) is 10.6 Å². The van der Waals surface area contributed by atoms with Crippen LogP contribution in [0.25, 0.3) is 10.4 Å². The summed E-state index contributed by atoms with van der Waals surface area (Å²) in [5, 5.41) is 24.9. The number of carbonyl (C=O) groups is 1. The number of hydrogen-bond donors (Lipinski definition) is 3. The third-order valence-electron chi connectivity index (χ3n) is 6.34. The quantitative estimate of drug-likeness (QED) is 0.464. The monoisotopic (exact) mass is 466 g/mol. The molecular weight excluding hydrogens is 436 g/mol. The number of benzene rings is 1. The Bertz CT molecular complexity index is 1190. The molecule has 2 heterocycles. The zero-order valence-electron chi connectivity index (χ0n) is 19.6. The Balaban J connectivity index is 1.60. The van der Waals surface area contributed by atoms with Crippen molar-refractivity contribution in [3.8, 4) is 10.4 Å². The molecule has 2 aromatic heterocycles. The smallest absolute Gasteiger partial charge is 0.307 e. The maximum Gasteiger partial charge on any atom is 0.307 e. The van der Waals surface area contributed by atoms with E-state index >= 15 is 0 Å². The zero-order chi connectivity index (χ0) is 24.0. The van der Waals surface area contributed by atoms with Crippen LogP contribution in [0.5, 0.6) is 0 Å². The molecule has 2 atom stereocenters. The molecule has 3 aromatic rings. The van der Waals surface area contributed by atoms with E-state index in [1.807, 2.05) is 52.8 Å². The van der Waals surface area contributed by atoms with Crippen LogP contribution in [0, 0.1) is 32.1 Å². The zero-order valence-corrected chi connectivity index (χ0v) is 20.5. The van der Waals surface area contributed by atoms with Gasteiger partial charge in [-0.3, -0.25) is 4.79 Å². The summed E-state index contributed by atoms with van der Waals surface area (Å²) in [6.07, 6.45) is 2.99. The van der Waals surface area contributed by atoms with Gasteiger partial charge in [-0.15, -0.1) is 11.3 Å². The van der Waals surface area contributed by atoms with Crippen molar-refractivity contribution in [1.29, 1.82) is 0 Å². The molecule has 3 N–H and O–H groups in total. The minimum Gasteiger partial charge on any atom is -0.481 e. The lowest BCUT2D eigenvalue weighted by molar-refractivity contribution is -0.154. The van der Waals surface area contributed by atoms with E-state index in [1.54, 1.807) is 6.20 Å². The number of aromatic nitrogens is 3. The van der Waals surface area contributed by atoms with E-state index in [0.717, 1.165) is 33.1 Å². The van der Waals surface area contributed by atoms with Crippen LogP contribution < -0.4 is 5.32 Å². The highest BCUT2D eigenvalue weighted by Gasteiger charge is 2.49. The molecule has 1 aromatic carbocycles. The van der Waals surface area contributed by atoms with Crippen molar-refractivity contribution in [2.45, 2.75) is 59.5 Å². The van der Waals surface area contributed by atoms with E-state index in [-0.39, 0.29) is 0 Å². The third-order valence-corrected chi connectivity index (χ3v) is 7.58. The number of thiazole rings is 1. The molecule has 7 nitrogen and oxygen atoms in total. The Morgan fingerprint density at radius 2 is 1.82 bits per heavy atom. The number of anilines is 2. The minimum atomic E-state index is -1.11. The molecule has 0 saturated heterocycles. The van der Waals surface area contributed by atoms with E-state index < -0.39 is 22.9 Å². The summed E-state index contributed by atoms with van der Waals surface area (Å²) in [6, 6.07) is 8.08. The molecule has 0 amide bonds. The molecule has 0 aliphatic heterocycles. The van der Waals surface area contributed by atoms with Crippen molar-refractivity contribution in [2.75, 3.05) is 5.32 Å². The second kappa shape index (κ2) is 8.50. The van der Waals surface area contributed by atoms with Gasteiger partial charge >= 0.3 is 5.97 Å². The number of carboxylic acid groups (broad SMARTS) is 1. The van der Waals surface area contributed by atoms with E-state index in [0.29, 0.717) is 30.2 Å². The lowest BCUT2D eigenvalue weighted by Gasteiger charge is -2.44. The van der Waals surface area contributed by atoms with Crippen LogP contribution in [0.2, 0.25) is 0 Å². The second-order valence-electron chi connectivity index (χ2n) is 9.84. The summed E-state index contributed by atoms with van der Waals surface area (Å²) in [4.78, 5) is 26.1. The second-order valence-corrected chi connectivity index (χ2v) is 10.9. The topological polar surface area (TPSA) is 108 Å². The SMILES string of the molecule is Cc1cc(Nc2nc(C)cc(C)n2)cc(-c2cnc([C@@]3(O)CC[C@H](C(=O)O)C(C)(C)C3)s2)c1. The first kappa shape index (κ1) is 23.3. The van der Waals surface area contributed by atoms with Gasteiger partial charge in [0.15, 0.2) is 0 Å². The van der Waals surface area contributed by atoms with Gasteiger partial charge in [-0.05, 0) is 74.8 Å². The first-order valence-electron chi connectivity index (χ1n) is 11.1. The van der Waals surface area contributed by atoms with Gasteiger partial charge in [-0.25, -0.2) is 15.0 Å². The molecule has 0 unspecified atom stereocenters. The summed E-state index contributed by atoms with van der Waals surface area (Å²) >= 11 is 1.46. The number of aliphatic hydroxyl groups is 1. The number of aliphatic carboxylic acids is 1. The van der Waals surface area contributed by atoms with Crippen LogP contribution >= 0.6 is 11.3 Å². The lowest BCUT2D eigenvalue weighted by atomic mass is 9.63. The van der Waals surface area contributed by atoms with Gasteiger partial charge in [0.2, 0.25) is 5.95 Å². The fourth-order valence-electron chi connectivity index (χ4n) is 4.91. The van der Waals surface area contributed by atoms with Crippen LogP contribution in [-0.4, -0.2) is 31.1 Å². The van der Waals surface area contributed by atoms with Gasteiger partial charge in [0.05, 0.1) is 10.8 Å². The van der Waals surface area contributed by atoms with Gasteiger partial charge in [0, 0.05) is 23.3 Å². The predicted molar refractivity (Wildman–Crippen MR) is 130 cm³/mol. The molecule has 4 rings (SSSR count). The fourth-order valence-corrected chi connectivity index (χ4v) is 5.93. The molecule has 1 fully saturated rings. The summed E-state index contributed by atoms with van der Waals surface area (Å²) in [5.41, 5.74) is 3.13. The predicted octanol–water partition coefficient (Wildman–Crippen LogP) is 5.37. The van der Waals surface area contributed by atoms with Crippen LogP contribution in [-0.2, 0) is 10.4 Å². The van der Waals surface area contributed by atoms with Crippen LogP contribution in [0.1, 0.15) is 55.1 Å². The van der Waals surface area contributed by atoms with Crippen molar-refractivity contribution >= 4 is 28.9 Å². The van der Waals surface area contributed by atoms with E-state index in [1.165, 1.54) is 11.3 Å². The molecule has 1 aliphatic carbocycles. The molecule has 33 heavy (non-hydrogen) atoms. The number of aryl methyl sites for hydroxylation is 3. The van der Waals surface area contributed by atoms with Crippen LogP contribution in [0.4, 0.5) is 11.6 Å². The van der Waals surface area contributed by atoms with Gasteiger partial charge in [-0.2, -0.15) is 0 Å². The van der Waals surface area contributed by atoms with Crippen molar-refractivity contribution < 1.29 is 15.0 Å². The summed E-state index contributed by atoms with van der Waals surface area (Å²) < 4.78 is 0. The Morgan fingerprint density at radius 1 is 1.12 bits per heavy atom. The Hall–Kier alpha value is -2.84. The molecule has 0 bridgehead atoms. The number of nitrogens with one attached hydrogen (secondary N) is 1. The number of carboxylic acids is 1. The molecule has 8 heteroatoms. The fraction of sp³-hybridized carbons (Fsp3) is 0.440. The van der Waals surface area contributed by atoms with E-state index in [4.69, 9.17) is 0 Å². The van der Waals surface area contributed by atoms with E-state index in [9.17, 15) is 15.0 Å². The highest BCUT2D eigenvalue weighted by Crippen LogP contribution is 2.50. The van der Waals surface area contributed by atoms with Crippen LogP contribution in [0.15, 0.2) is 30.5 Å². The first-order chi connectivity index (χ1) is 15.4. The van der Waals surface area contributed by atoms with Gasteiger partial charge < -0.3 is 15.5 Å². The third kappa shape index (κ3) is 4.91. The first-order valence-corrected chi connectivity index (χ1v) is 11.9. The minimum absolute atomic E-state index is 0.370. The molecule has 1 aliphatic rings. The Labute approximate surface area is 198 Å². The van der Waals surface area contributed by atoms with Gasteiger partial charge in [0.25, 0.3) is 0 Å². The maximum absolute atomic E-state index is 11.6. The van der Waals surface area contributed by atoms with Gasteiger partial charge in [-0.1, -0.05) is 19.9 Å². The average Bonchev–Trinajstić information content (AvgIpc) is 3.16. The number of nitrogens with zero attached hydrogens (tertiary/aromatic N) is 3. The van der Waals surface area contributed by atoms with Crippen molar-refractivity contribution in [2.24, 2.45) is 11.3 Å². The highest BCUT2D eigenvalue weighted by atomic mass is 32.1. The summed E-state index contributed by atoms with van der Waals surface area (Å²) in [5.74, 6) is -0.703.